The van der Waals surface area contributed by atoms with Crippen LogP contribution in [-0.4, -0.2) is 57.8 Å². The SMILES string of the molecule is Cc1ccc(S(=O)(=O)N2CCC(n3c(C(C)O)nc4cnc5c(ccn5S(=O)(=O)c5ccccc5)c43)C2)cc1. The van der Waals surface area contributed by atoms with Gasteiger partial charge in [-0.2, -0.15) is 4.31 Å². The number of rotatable bonds is 6. The summed E-state index contributed by atoms with van der Waals surface area (Å²) in [7, 11) is -7.62. The molecule has 1 fully saturated rings. The van der Waals surface area contributed by atoms with Gasteiger partial charge in [-0.1, -0.05) is 35.9 Å². The summed E-state index contributed by atoms with van der Waals surface area (Å²) in [4.78, 5) is 9.40. The number of benzene rings is 2. The number of hydrogen-bond donors (Lipinski definition) is 1. The van der Waals surface area contributed by atoms with Crippen molar-refractivity contribution in [1.82, 2.24) is 22.8 Å². The van der Waals surface area contributed by atoms with Gasteiger partial charge in [0.05, 0.1) is 27.5 Å². The highest BCUT2D eigenvalue weighted by Crippen LogP contribution is 2.36. The zero-order valence-electron chi connectivity index (χ0n) is 21.3. The van der Waals surface area contributed by atoms with Crippen LogP contribution in [0.5, 0.6) is 0 Å². The van der Waals surface area contributed by atoms with Crippen LogP contribution in [-0.2, 0) is 20.0 Å². The Morgan fingerprint density at radius 3 is 2.33 bits per heavy atom. The monoisotopic (exact) mass is 565 g/mol. The molecule has 0 saturated carbocycles. The van der Waals surface area contributed by atoms with Gasteiger partial charge in [-0.05, 0) is 50.6 Å². The molecule has 39 heavy (non-hydrogen) atoms. The van der Waals surface area contributed by atoms with E-state index in [0.717, 1.165) is 9.54 Å². The van der Waals surface area contributed by atoms with Crippen LogP contribution in [0.15, 0.2) is 82.8 Å². The molecule has 1 N–H and O–H groups in total. The Kier molecular flexibility index (Phi) is 6.10. The second-order valence-electron chi connectivity index (χ2n) is 9.79. The van der Waals surface area contributed by atoms with Crippen LogP contribution in [0, 0.1) is 6.92 Å². The van der Waals surface area contributed by atoms with Crippen LogP contribution in [0.25, 0.3) is 22.1 Å². The van der Waals surface area contributed by atoms with Crippen LogP contribution >= 0.6 is 0 Å². The van der Waals surface area contributed by atoms with E-state index in [9.17, 15) is 21.9 Å². The molecule has 6 rings (SSSR count). The summed E-state index contributed by atoms with van der Waals surface area (Å²) in [6, 6.07) is 16.2. The fourth-order valence-electron chi connectivity index (χ4n) is 5.23. The number of fused-ring (bicyclic) bond motifs is 3. The minimum absolute atomic E-state index is 0.135. The maximum atomic E-state index is 13.4. The second-order valence-corrected chi connectivity index (χ2v) is 13.5. The molecule has 1 aliphatic rings. The Morgan fingerprint density at radius 2 is 1.64 bits per heavy atom. The molecule has 1 aliphatic heterocycles. The number of pyridine rings is 1. The summed E-state index contributed by atoms with van der Waals surface area (Å²) >= 11 is 0. The van der Waals surface area contributed by atoms with Crippen molar-refractivity contribution in [3.05, 3.63) is 84.4 Å². The van der Waals surface area contributed by atoms with Crippen LogP contribution < -0.4 is 0 Å². The van der Waals surface area contributed by atoms with Crippen molar-refractivity contribution in [1.29, 1.82) is 0 Å². The maximum Gasteiger partial charge on any atom is 0.269 e. The maximum absolute atomic E-state index is 13.4. The Balaban J connectivity index is 1.46. The van der Waals surface area contributed by atoms with Gasteiger partial charge in [0, 0.05) is 24.7 Å². The van der Waals surface area contributed by atoms with Gasteiger partial charge < -0.3 is 9.67 Å². The predicted molar refractivity (Wildman–Crippen MR) is 146 cm³/mol. The van der Waals surface area contributed by atoms with Gasteiger partial charge in [0.1, 0.15) is 17.4 Å². The van der Waals surface area contributed by atoms with Crippen molar-refractivity contribution in [3.63, 3.8) is 0 Å². The molecule has 202 valence electrons. The lowest BCUT2D eigenvalue weighted by atomic mass is 10.2. The van der Waals surface area contributed by atoms with Crippen molar-refractivity contribution in [2.75, 3.05) is 13.1 Å². The molecule has 3 aromatic heterocycles. The molecular weight excluding hydrogens is 538 g/mol. The number of sulfonamides is 1. The summed E-state index contributed by atoms with van der Waals surface area (Å²) < 4.78 is 58.0. The van der Waals surface area contributed by atoms with E-state index in [1.54, 1.807) is 55.5 Å². The molecule has 4 heterocycles. The predicted octanol–water partition coefficient (Wildman–Crippen LogP) is 3.62. The average molecular weight is 566 g/mol. The Labute approximate surface area is 226 Å². The largest absolute Gasteiger partial charge is 0.385 e. The van der Waals surface area contributed by atoms with Crippen molar-refractivity contribution >= 4 is 42.1 Å². The molecule has 0 bridgehead atoms. The average Bonchev–Trinajstić information content (AvgIpc) is 3.65. The smallest absolute Gasteiger partial charge is 0.269 e. The number of nitrogens with zero attached hydrogens (tertiary/aromatic N) is 5. The van der Waals surface area contributed by atoms with Gasteiger partial charge >= 0.3 is 0 Å². The van der Waals surface area contributed by atoms with Gasteiger partial charge in [-0.25, -0.2) is 30.8 Å². The van der Waals surface area contributed by atoms with E-state index in [-0.39, 0.29) is 28.0 Å². The molecule has 5 aromatic rings. The van der Waals surface area contributed by atoms with Crippen molar-refractivity contribution in [2.45, 2.75) is 42.2 Å². The number of aryl methyl sites for hydroxylation is 1. The molecule has 0 aliphatic carbocycles. The molecule has 0 amide bonds. The first-order valence-corrected chi connectivity index (χ1v) is 15.4. The summed E-state index contributed by atoms with van der Waals surface area (Å²) in [5.74, 6) is 0.373. The first kappa shape index (κ1) is 25.7. The van der Waals surface area contributed by atoms with Crippen molar-refractivity contribution in [3.8, 4) is 0 Å². The van der Waals surface area contributed by atoms with Gasteiger partial charge in [0.2, 0.25) is 10.0 Å². The van der Waals surface area contributed by atoms with E-state index in [0.29, 0.717) is 35.2 Å². The lowest BCUT2D eigenvalue weighted by Gasteiger charge is -2.20. The zero-order valence-corrected chi connectivity index (χ0v) is 23.0. The normalized spacial score (nSPS) is 17.8. The number of imidazole rings is 1. The summed E-state index contributed by atoms with van der Waals surface area (Å²) in [5, 5.41) is 11.2. The molecular formula is C27H27N5O5S2. The van der Waals surface area contributed by atoms with E-state index in [1.165, 1.54) is 28.8 Å². The van der Waals surface area contributed by atoms with Gasteiger partial charge in [-0.3, -0.25) is 0 Å². The molecule has 2 aromatic carbocycles. The Hall–Kier alpha value is -3.58. The third-order valence-corrected chi connectivity index (χ3v) is 10.7. The van der Waals surface area contributed by atoms with Crippen LogP contribution in [0.4, 0.5) is 0 Å². The Bertz CT molecular complexity index is 1910. The fraction of sp³-hybridized carbons (Fsp3) is 0.259. The number of hydrogen-bond acceptors (Lipinski definition) is 7. The summed E-state index contributed by atoms with van der Waals surface area (Å²) in [5.41, 5.74) is 2.30. The third kappa shape index (κ3) is 4.15. The topological polar surface area (TPSA) is 127 Å². The molecule has 10 nitrogen and oxygen atoms in total. The quantitative estimate of drug-likeness (QED) is 0.333. The van der Waals surface area contributed by atoms with E-state index in [2.05, 4.69) is 9.97 Å². The lowest BCUT2D eigenvalue weighted by Crippen LogP contribution is -2.29. The molecule has 12 heteroatoms. The van der Waals surface area contributed by atoms with Crippen LogP contribution in [0.3, 0.4) is 0 Å². The van der Waals surface area contributed by atoms with E-state index in [1.807, 2.05) is 11.5 Å². The molecule has 0 radical (unpaired) electrons. The van der Waals surface area contributed by atoms with Gasteiger partial charge in [-0.15, -0.1) is 0 Å². The standard InChI is InChI=1S/C27H27N5O5S2/c1-18-8-10-22(11-9-18)38(34,35)30-14-12-20(17-30)32-25-23-13-15-31(39(36,37)21-6-4-3-5-7-21)27(23)28-16-24(25)29-26(32)19(2)33/h3-11,13,15-16,19-20,33H,12,14,17H2,1-2H3. The lowest BCUT2D eigenvalue weighted by molar-refractivity contribution is 0.182. The van der Waals surface area contributed by atoms with Crippen molar-refractivity contribution < 1.29 is 21.9 Å². The van der Waals surface area contributed by atoms with Crippen LogP contribution in [0.2, 0.25) is 0 Å². The Morgan fingerprint density at radius 1 is 0.949 bits per heavy atom. The first-order valence-electron chi connectivity index (χ1n) is 12.5. The minimum atomic E-state index is -3.91. The van der Waals surface area contributed by atoms with Crippen LogP contribution in [0.1, 0.15) is 36.9 Å². The van der Waals surface area contributed by atoms with Crippen molar-refractivity contribution in [2.24, 2.45) is 0 Å². The molecule has 2 unspecified atom stereocenters. The number of aromatic nitrogens is 4. The fourth-order valence-corrected chi connectivity index (χ4v) is 8.04. The highest BCUT2D eigenvalue weighted by molar-refractivity contribution is 7.90. The molecule has 0 spiro atoms. The summed E-state index contributed by atoms with van der Waals surface area (Å²) in [6.45, 7) is 3.99. The highest BCUT2D eigenvalue weighted by Gasteiger charge is 2.36. The highest BCUT2D eigenvalue weighted by atomic mass is 32.2. The number of aliphatic hydroxyl groups excluding tert-OH is 1. The summed E-state index contributed by atoms with van der Waals surface area (Å²) in [6.07, 6.45) is 2.52. The van der Waals surface area contributed by atoms with Gasteiger partial charge in [0.15, 0.2) is 5.65 Å². The second kappa shape index (κ2) is 9.26. The number of aliphatic hydroxyl groups is 1. The third-order valence-electron chi connectivity index (χ3n) is 7.18. The zero-order chi connectivity index (χ0) is 27.5. The van der Waals surface area contributed by atoms with Gasteiger partial charge in [0.25, 0.3) is 10.0 Å². The first-order chi connectivity index (χ1) is 18.6. The molecule has 2 atom stereocenters. The van der Waals surface area contributed by atoms with E-state index >= 15 is 0 Å². The van der Waals surface area contributed by atoms with E-state index < -0.39 is 26.2 Å². The minimum Gasteiger partial charge on any atom is -0.385 e. The van der Waals surface area contributed by atoms with E-state index in [4.69, 9.17) is 0 Å². The molecule has 1 saturated heterocycles.